The van der Waals surface area contributed by atoms with Crippen LogP contribution in [0.1, 0.15) is 31.2 Å². The van der Waals surface area contributed by atoms with Gasteiger partial charge in [0.05, 0.1) is 4.90 Å². The smallest absolute Gasteiger partial charge is 0.175 e. The van der Waals surface area contributed by atoms with Gasteiger partial charge in [0.1, 0.15) is 5.83 Å². The molecular formula is C19H19FO2S. The Labute approximate surface area is 136 Å². The third-order valence-electron chi connectivity index (χ3n) is 4.25. The van der Waals surface area contributed by atoms with Crippen LogP contribution in [0, 0.1) is 0 Å². The zero-order chi connectivity index (χ0) is 16.4. The van der Waals surface area contributed by atoms with Crippen molar-refractivity contribution in [1.29, 1.82) is 0 Å². The number of hydrogen-bond donors (Lipinski definition) is 0. The summed E-state index contributed by atoms with van der Waals surface area (Å²) in [7, 11) is -3.18. The van der Waals surface area contributed by atoms with Gasteiger partial charge in [-0.3, -0.25) is 0 Å². The van der Waals surface area contributed by atoms with Gasteiger partial charge in [-0.25, -0.2) is 12.8 Å². The predicted octanol–water partition coefficient (Wildman–Crippen LogP) is 4.77. The largest absolute Gasteiger partial charge is 0.224 e. The Morgan fingerprint density at radius 1 is 1.00 bits per heavy atom. The topological polar surface area (TPSA) is 34.1 Å². The minimum Gasteiger partial charge on any atom is -0.224 e. The fraction of sp³-hybridized carbons (Fsp3) is 0.263. The SMILES string of the molecule is CS(=O)(=O)c1ccc(C2=C(C3=CC=C(F)CC=C3)CCC2)cc1. The molecule has 0 amide bonds. The molecule has 0 N–H and O–H groups in total. The van der Waals surface area contributed by atoms with Crippen molar-refractivity contribution < 1.29 is 12.8 Å². The molecule has 0 saturated heterocycles. The van der Waals surface area contributed by atoms with E-state index in [2.05, 4.69) is 0 Å². The second-order valence-electron chi connectivity index (χ2n) is 5.95. The van der Waals surface area contributed by atoms with Gasteiger partial charge in [-0.2, -0.15) is 0 Å². The van der Waals surface area contributed by atoms with Gasteiger partial charge < -0.3 is 0 Å². The summed E-state index contributed by atoms with van der Waals surface area (Å²) >= 11 is 0. The summed E-state index contributed by atoms with van der Waals surface area (Å²) in [5.41, 5.74) is 4.57. The first-order chi connectivity index (χ1) is 10.9. The fourth-order valence-electron chi connectivity index (χ4n) is 3.09. The molecule has 0 aliphatic heterocycles. The van der Waals surface area contributed by atoms with Crippen LogP contribution in [-0.4, -0.2) is 14.7 Å². The van der Waals surface area contributed by atoms with Gasteiger partial charge in [0.15, 0.2) is 9.84 Å². The van der Waals surface area contributed by atoms with E-state index in [-0.39, 0.29) is 5.83 Å². The zero-order valence-electron chi connectivity index (χ0n) is 13.0. The molecule has 0 unspecified atom stereocenters. The highest BCUT2D eigenvalue weighted by molar-refractivity contribution is 7.90. The van der Waals surface area contributed by atoms with Crippen molar-refractivity contribution in [2.24, 2.45) is 0 Å². The minimum absolute atomic E-state index is 0.131. The quantitative estimate of drug-likeness (QED) is 0.800. The lowest BCUT2D eigenvalue weighted by Gasteiger charge is -2.09. The second kappa shape index (κ2) is 6.28. The van der Waals surface area contributed by atoms with Gasteiger partial charge >= 0.3 is 0 Å². The average Bonchev–Trinajstić information content (AvgIpc) is 2.89. The van der Waals surface area contributed by atoms with Crippen molar-refractivity contribution in [3.05, 3.63) is 71.1 Å². The highest BCUT2D eigenvalue weighted by Crippen LogP contribution is 2.39. The molecule has 2 aliphatic rings. The standard InChI is InChI=1S/C19H19FO2S/c1-23(21,22)17-12-9-15(10-13-17)19-7-3-6-18(19)14-4-2-5-16(20)11-8-14/h2,4,8-13H,3,5-7H2,1H3. The van der Waals surface area contributed by atoms with Crippen LogP contribution >= 0.6 is 0 Å². The first-order valence-corrected chi connectivity index (χ1v) is 9.60. The fourth-order valence-corrected chi connectivity index (χ4v) is 3.72. The van der Waals surface area contributed by atoms with Crippen molar-refractivity contribution in [3.8, 4) is 0 Å². The Bertz CT molecular complexity index is 838. The number of allylic oxidation sites excluding steroid dienone is 8. The van der Waals surface area contributed by atoms with Gasteiger partial charge in [0, 0.05) is 12.7 Å². The summed E-state index contributed by atoms with van der Waals surface area (Å²) in [4.78, 5) is 0.333. The summed E-state index contributed by atoms with van der Waals surface area (Å²) in [6, 6.07) is 7.05. The van der Waals surface area contributed by atoms with Crippen LogP contribution in [0.5, 0.6) is 0 Å². The van der Waals surface area contributed by atoms with Crippen molar-refractivity contribution in [1.82, 2.24) is 0 Å². The third-order valence-corrected chi connectivity index (χ3v) is 5.38. The van der Waals surface area contributed by atoms with E-state index in [9.17, 15) is 12.8 Å². The molecule has 2 nitrogen and oxygen atoms in total. The highest BCUT2D eigenvalue weighted by Gasteiger charge is 2.19. The Morgan fingerprint density at radius 2 is 1.70 bits per heavy atom. The first-order valence-electron chi connectivity index (χ1n) is 7.71. The minimum atomic E-state index is -3.18. The molecule has 1 aromatic rings. The Kier molecular flexibility index (Phi) is 4.35. The molecule has 0 aromatic heterocycles. The van der Waals surface area contributed by atoms with Crippen LogP contribution in [0.15, 0.2) is 70.4 Å². The molecule has 0 heterocycles. The molecule has 3 rings (SSSR count). The van der Waals surface area contributed by atoms with Crippen LogP contribution in [0.25, 0.3) is 5.57 Å². The number of benzene rings is 1. The van der Waals surface area contributed by atoms with Crippen LogP contribution in [0.2, 0.25) is 0 Å². The number of rotatable bonds is 3. The summed E-state index contributed by atoms with van der Waals surface area (Å²) < 4.78 is 36.5. The van der Waals surface area contributed by atoms with E-state index in [1.54, 1.807) is 12.1 Å². The van der Waals surface area contributed by atoms with E-state index < -0.39 is 9.84 Å². The monoisotopic (exact) mass is 330 g/mol. The maximum Gasteiger partial charge on any atom is 0.175 e. The zero-order valence-corrected chi connectivity index (χ0v) is 13.9. The molecule has 1 aromatic carbocycles. The predicted molar refractivity (Wildman–Crippen MR) is 91.4 cm³/mol. The summed E-state index contributed by atoms with van der Waals surface area (Å²) in [6.07, 6.45) is 11.7. The van der Waals surface area contributed by atoms with E-state index in [4.69, 9.17) is 0 Å². The summed E-state index contributed by atoms with van der Waals surface area (Å²) in [5, 5.41) is 0. The molecule has 0 saturated carbocycles. The highest BCUT2D eigenvalue weighted by atomic mass is 32.2. The second-order valence-corrected chi connectivity index (χ2v) is 7.96. The molecule has 0 fully saturated rings. The molecular weight excluding hydrogens is 311 g/mol. The Hall–Kier alpha value is -1.94. The maximum absolute atomic E-state index is 13.4. The van der Waals surface area contributed by atoms with Crippen LogP contribution in [0.3, 0.4) is 0 Å². The molecule has 0 atom stereocenters. The molecule has 23 heavy (non-hydrogen) atoms. The van der Waals surface area contributed by atoms with E-state index >= 15 is 0 Å². The van der Waals surface area contributed by atoms with Crippen LogP contribution < -0.4 is 0 Å². The number of sulfone groups is 1. The van der Waals surface area contributed by atoms with Crippen molar-refractivity contribution >= 4 is 15.4 Å². The first kappa shape index (κ1) is 15.9. The summed E-state index contributed by atoms with van der Waals surface area (Å²) in [5.74, 6) is -0.131. The normalized spacial score (nSPS) is 18.7. The maximum atomic E-state index is 13.4. The van der Waals surface area contributed by atoms with Gasteiger partial charge in [-0.05, 0) is 59.8 Å². The van der Waals surface area contributed by atoms with Crippen molar-refractivity contribution in [3.63, 3.8) is 0 Å². The number of halogens is 1. The summed E-state index contributed by atoms with van der Waals surface area (Å²) in [6.45, 7) is 0. The average molecular weight is 330 g/mol. The van der Waals surface area contributed by atoms with Crippen molar-refractivity contribution in [2.45, 2.75) is 30.6 Å². The van der Waals surface area contributed by atoms with Crippen LogP contribution in [0.4, 0.5) is 4.39 Å². The van der Waals surface area contributed by atoms with E-state index in [1.807, 2.05) is 30.4 Å². The molecule has 120 valence electrons. The van der Waals surface area contributed by atoms with Gasteiger partial charge in [-0.15, -0.1) is 0 Å². The number of hydrogen-bond acceptors (Lipinski definition) is 2. The van der Waals surface area contributed by atoms with Gasteiger partial charge in [0.2, 0.25) is 0 Å². The van der Waals surface area contributed by atoms with E-state index in [0.29, 0.717) is 11.3 Å². The molecule has 0 bridgehead atoms. The van der Waals surface area contributed by atoms with Crippen molar-refractivity contribution in [2.75, 3.05) is 6.26 Å². The molecule has 0 spiro atoms. The Morgan fingerprint density at radius 3 is 2.39 bits per heavy atom. The Balaban J connectivity index is 2.00. The lowest BCUT2D eigenvalue weighted by atomic mass is 9.96. The van der Waals surface area contributed by atoms with E-state index in [1.165, 1.54) is 23.5 Å². The molecule has 4 heteroatoms. The third kappa shape index (κ3) is 3.53. The van der Waals surface area contributed by atoms with Crippen LogP contribution in [-0.2, 0) is 9.84 Å². The van der Waals surface area contributed by atoms with Gasteiger partial charge in [0.25, 0.3) is 0 Å². The van der Waals surface area contributed by atoms with Gasteiger partial charge in [-0.1, -0.05) is 30.4 Å². The lowest BCUT2D eigenvalue weighted by molar-refractivity contribution is 0.602. The van der Waals surface area contributed by atoms with E-state index in [0.717, 1.165) is 30.4 Å². The lowest BCUT2D eigenvalue weighted by Crippen LogP contribution is -1.97. The molecule has 0 radical (unpaired) electrons. The molecule has 2 aliphatic carbocycles.